The standard InChI is InChI=1S/C17H28N2O2/c1-13(2)10-14-12-19(9-5-8-18-14)16-11-15(20-3)6-7-17(16)21-4/h6-7,11,13-14,18H,5,8-10,12H2,1-4H3. The Bertz CT molecular complexity index is 448. The van der Waals surface area contributed by atoms with Gasteiger partial charge in [0.25, 0.3) is 0 Å². The van der Waals surface area contributed by atoms with Crippen molar-refractivity contribution in [3.05, 3.63) is 18.2 Å². The van der Waals surface area contributed by atoms with Crippen LogP contribution in [0, 0.1) is 5.92 Å². The smallest absolute Gasteiger partial charge is 0.142 e. The Labute approximate surface area is 128 Å². The maximum atomic E-state index is 5.54. The lowest BCUT2D eigenvalue weighted by molar-refractivity contribution is 0.401. The Morgan fingerprint density at radius 2 is 2.10 bits per heavy atom. The van der Waals surface area contributed by atoms with Crippen molar-refractivity contribution in [1.29, 1.82) is 0 Å². The van der Waals surface area contributed by atoms with E-state index >= 15 is 0 Å². The molecule has 4 heteroatoms. The second-order valence-electron chi connectivity index (χ2n) is 6.12. The zero-order chi connectivity index (χ0) is 15.2. The number of methoxy groups -OCH3 is 2. The van der Waals surface area contributed by atoms with Gasteiger partial charge in [-0.15, -0.1) is 0 Å². The first-order valence-electron chi connectivity index (χ1n) is 7.84. The van der Waals surface area contributed by atoms with Crippen LogP contribution in [0.4, 0.5) is 5.69 Å². The van der Waals surface area contributed by atoms with Gasteiger partial charge in [-0.2, -0.15) is 0 Å². The molecule has 0 radical (unpaired) electrons. The summed E-state index contributed by atoms with van der Waals surface area (Å²) in [5.74, 6) is 2.50. The Hall–Kier alpha value is -1.42. The second-order valence-corrected chi connectivity index (χ2v) is 6.12. The van der Waals surface area contributed by atoms with Crippen molar-refractivity contribution in [1.82, 2.24) is 5.32 Å². The van der Waals surface area contributed by atoms with Gasteiger partial charge in [0.05, 0.1) is 19.9 Å². The van der Waals surface area contributed by atoms with Gasteiger partial charge in [0, 0.05) is 25.2 Å². The SMILES string of the molecule is COc1ccc(OC)c(N2CCCNC(CC(C)C)C2)c1. The Balaban J connectivity index is 2.21. The predicted octanol–water partition coefficient (Wildman–Crippen LogP) is 2.92. The van der Waals surface area contributed by atoms with Crippen LogP contribution in [0.2, 0.25) is 0 Å². The zero-order valence-corrected chi connectivity index (χ0v) is 13.7. The van der Waals surface area contributed by atoms with E-state index in [-0.39, 0.29) is 0 Å². The molecule has 1 fully saturated rings. The lowest BCUT2D eigenvalue weighted by Crippen LogP contribution is -2.38. The molecule has 0 aliphatic carbocycles. The molecule has 2 rings (SSSR count). The molecule has 1 heterocycles. The lowest BCUT2D eigenvalue weighted by atomic mass is 10.0. The van der Waals surface area contributed by atoms with Crippen LogP contribution in [0.3, 0.4) is 0 Å². The highest BCUT2D eigenvalue weighted by molar-refractivity contribution is 5.62. The van der Waals surface area contributed by atoms with E-state index in [1.54, 1.807) is 14.2 Å². The minimum atomic E-state index is 0.531. The summed E-state index contributed by atoms with van der Waals surface area (Å²) in [7, 11) is 3.43. The fourth-order valence-corrected chi connectivity index (χ4v) is 2.99. The molecule has 1 atom stereocenters. The zero-order valence-electron chi connectivity index (χ0n) is 13.7. The Morgan fingerprint density at radius 1 is 1.29 bits per heavy atom. The van der Waals surface area contributed by atoms with Crippen LogP contribution < -0.4 is 19.7 Å². The molecule has 1 unspecified atom stereocenters. The van der Waals surface area contributed by atoms with E-state index in [9.17, 15) is 0 Å². The fourth-order valence-electron chi connectivity index (χ4n) is 2.99. The Morgan fingerprint density at radius 3 is 2.76 bits per heavy atom. The van der Waals surface area contributed by atoms with Crippen molar-refractivity contribution in [2.45, 2.75) is 32.7 Å². The molecular formula is C17H28N2O2. The fraction of sp³-hybridized carbons (Fsp3) is 0.647. The van der Waals surface area contributed by atoms with Crippen LogP contribution in [0.5, 0.6) is 11.5 Å². The molecule has 0 aromatic heterocycles. The van der Waals surface area contributed by atoms with Crippen molar-refractivity contribution in [3.8, 4) is 11.5 Å². The summed E-state index contributed by atoms with van der Waals surface area (Å²) in [6.45, 7) is 7.71. The van der Waals surface area contributed by atoms with Gasteiger partial charge >= 0.3 is 0 Å². The van der Waals surface area contributed by atoms with E-state index in [1.165, 1.54) is 6.42 Å². The highest BCUT2D eigenvalue weighted by atomic mass is 16.5. The number of benzene rings is 1. The van der Waals surface area contributed by atoms with Crippen LogP contribution in [0.15, 0.2) is 18.2 Å². The largest absolute Gasteiger partial charge is 0.497 e. The number of nitrogens with one attached hydrogen (secondary N) is 1. The number of rotatable bonds is 5. The van der Waals surface area contributed by atoms with Crippen LogP contribution in [-0.4, -0.2) is 39.9 Å². The van der Waals surface area contributed by atoms with Crippen LogP contribution in [-0.2, 0) is 0 Å². The second kappa shape index (κ2) is 7.55. The molecule has 0 amide bonds. The average molecular weight is 292 g/mol. The topological polar surface area (TPSA) is 33.7 Å². The molecule has 21 heavy (non-hydrogen) atoms. The quantitative estimate of drug-likeness (QED) is 0.905. The molecule has 1 aromatic carbocycles. The first-order chi connectivity index (χ1) is 10.1. The maximum absolute atomic E-state index is 5.54. The van der Waals surface area contributed by atoms with Gasteiger partial charge in [-0.25, -0.2) is 0 Å². The molecule has 1 aromatic rings. The van der Waals surface area contributed by atoms with Crippen molar-refractivity contribution in [3.63, 3.8) is 0 Å². The van der Waals surface area contributed by atoms with E-state index in [1.807, 2.05) is 12.1 Å². The third kappa shape index (κ3) is 4.27. The highest BCUT2D eigenvalue weighted by Crippen LogP contribution is 2.33. The molecule has 1 saturated heterocycles. The number of anilines is 1. The average Bonchev–Trinajstić information content (AvgIpc) is 2.71. The molecule has 0 bridgehead atoms. The maximum Gasteiger partial charge on any atom is 0.142 e. The third-order valence-electron chi connectivity index (χ3n) is 3.96. The minimum absolute atomic E-state index is 0.531. The molecule has 1 aliphatic heterocycles. The summed E-state index contributed by atoms with van der Waals surface area (Å²) < 4.78 is 10.9. The van der Waals surface area contributed by atoms with Crippen molar-refractivity contribution >= 4 is 5.69 Å². The normalized spacial score (nSPS) is 19.5. The first-order valence-corrected chi connectivity index (χ1v) is 7.84. The van der Waals surface area contributed by atoms with Gasteiger partial charge in [0.2, 0.25) is 0 Å². The predicted molar refractivity (Wildman–Crippen MR) is 87.6 cm³/mol. The van der Waals surface area contributed by atoms with Gasteiger partial charge in [-0.05, 0) is 37.4 Å². The number of hydrogen-bond acceptors (Lipinski definition) is 4. The molecule has 118 valence electrons. The van der Waals surface area contributed by atoms with Gasteiger partial charge < -0.3 is 19.7 Å². The van der Waals surface area contributed by atoms with E-state index in [4.69, 9.17) is 9.47 Å². The van der Waals surface area contributed by atoms with Gasteiger partial charge in [-0.3, -0.25) is 0 Å². The Kier molecular flexibility index (Phi) is 5.74. The molecule has 1 N–H and O–H groups in total. The molecule has 1 aliphatic rings. The summed E-state index contributed by atoms with van der Waals surface area (Å²) in [6.07, 6.45) is 2.34. The lowest BCUT2D eigenvalue weighted by Gasteiger charge is -2.29. The molecule has 0 spiro atoms. The minimum Gasteiger partial charge on any atom is -0.497 e. The molecular weight excluding hydrogens is 264 g/mol. The summed E-state index contributed by atoms with van der Waals surface area (Å²) in [4.78, 5) is 2.42. The van der Waals surface area contributed by atoms with Gasteiger partial charge in [0.15, 0.2) is 0 Å². The summed E-state index contributed by atoms with van der Waals surface area (Å²) >= 11 is 0. The monoisotopic (exact) mass is 292 g/mol. The van der Waals surface area contributed by atoms with Crippen LogP contribution >= 0.6 is 0 Å². The summed E-state index contributed by atoms with van der Waals surface area (Å²) in [6, 6.07) is 6.55. The first kappa shape index (κ1) is 16.0. The summed E-state index contributed by atoms with van der Waals surface area (Å²) in [5.41, 5.74) is 1.13. The third-order valence-corrected chi connectivity index (χ3v) is 3.96. The van der Waals surface area contributed by atoms with Gasteiger partial charge in [0.1, 0.15) is 11.5 Å². The number of hydrogen-bond donors (Lipinski definition) is 1. The van der Waals surface area contributed by atoms with E-state index in [2.05, 4.69) is 30.1 Å². The van der Waals surface area contributed by atoms with Gasteiger partial charge in [-0.1, -0.05) is 13.8 Å². The van der Waals surface area contributed by atoms with Crippen molar-refractivity contribution < 1.29 is 9.47 Å². The van der Waals surface area contributed by atoms with Crippen molar-refractivity contribution in [2.75, 3.05) is 38.8 Å². The number of ether oxygens (including phenoxy) is 2. The molecule has 4 nitrogen and oxygen atoms in total. The molecule has 0 saturated carbocycles. The van der Waals surface area contributed by atoms with Crippen molar-refractivity contribution in [2.24, 2.45) is 5.92 Å². The van der Waals surface area contributed by atoms with Crippen LogP contribution in [0.25, 0.3) is 0 Å². The summed E-state index contributed by atoms with van der Waals surface area (Å²) in [5, 5.41) is 3.67. The number of nitrogens with zero attached hydrogens (tertiary/aromatic N) is 1. The highest BCUT2D eigenvalue weighted by Gasteiger charge is 2.21. The van der Waals surface area contributed by atoms with E-state index in [0.717, 1.165) is 43.2 Å². The van der Waals surface area contributed by atoms with Crippen LogP contribution in [0.1, 0.15) is 26.7 Å². The van der Waals surface area contributed by atoms with E-state index < -0.39 is 0 Å². The van der Waals surface area contributed by atoms with E-state index in [0.29, 0.717) is 12.0 Å².